The number of halogens is 1. The summed E-state index contributed by atoms with van der Waals surface area (Å²) in [5.41, 5.74) is 5.05. The molecule has 4 nitrogen and oxygen atoms in total. The lowest BCUT2D eigenvalue weighted by atomic mass is 10.2. The van der Waals surface area contributed by atoms with Crippen molar-refractivity contribution in [3.05, 3.63) is 95.8 Å². The van der Waals surface area contributed by atoms with Crippen molar-refractivity contribution in [3.8, 4) is 5.75 Å². The van der Waals surface area contributed by atoms with E-state index in [2.05, 4.69) is 15.8 Å². The lowest BCUT2D eigenvalue weighted by molar-refractivity contribution is 0.300. The molecule has 0 atom stereocenters. The molecule has 0 spiro atoms. The van der Waals surface area contributed by atoms with E-state index in [9.17, 15) is 4.39 Å². The smallest absolute Gasteiger partial charge is 0.191 e. The van der Waals surface area contributed by atoms with E-state index in [0.29, 0.717) is 16.4 Å². The van der Waals surface area contributed by atoms with E-state index in [-0.39, 0.29) is 12.4 Å². The summed E-state index contributed by atoms with van der Waals surface area (Å²) in [6.45, 7) is 0.182. The average Bonchev–Trinajstić information content (AvgIpc) is 2.69. The Bertz CT molecular complexity index is 914. The molecule has 0 radical (unpaired) electrons. The predicted molar refractivity (Wildman–Crippen MR) is 111 cm³/mol. The Labute approximate surface area is 162 Å². The van der Waals surface area contributed by atoms with Crippen LogP contribution in [-0.4, -0.2) is 11.3 Å². The molecule has 3 aromatic rings. The Morgan fingerprint density at radius 2 is 1.67 bits per heavy atom. The minimum absolute atomic E-state index is 0.182. The van der Waals surface area contributed by atoms with Crippen LogP contribution in [0.2, 0.25) is 0 Å². The van der Waals surface area contributed by atoms with E-state index < -0.39 is 0 Å². The molecule has 0 bridgehead atoms. The molecule has 0 unspecified atom stereocenters. The van der Waals surface area contributed by atoms with Crippen molar-refractivity contribution in [1.29, 1.82) is 0 Å². The van der Waals surface area contributed by atoms with Crippen LogP contribution in [0.15, 0.2) is 84.0 Å². The molecule has 0 aliphatic carbocycles. The minimum atomic E-state index is -0.271. The first-order valence-corrected chi connectivity index (χ1v) is 8.73. The lowest BCUT2D eigenvalue weighted by Gasteiger charge is -2.07. The molecule has 0 fully saturated rings. The van der Waals surface area contributed by atoms with Gasteiger partial charge in [0.25, 0.3) is 0 Å². The SMILES string of the molecule is Fc1ccccc1COc1ccc(C=NNC(=S)Nc2ccccc2)cc1. The summed E-state index contributed by atoms with van der Waals surface area (Å²) < 4.78 is 19.2. The highest BCUT2D eigenvalue weighted by atomic mass is 32.1. The normalized spacial score (nSPS) is 10.6. The monoisotopic (exact) mass is 379 g/mol. The van der Waals surface area contributed by atoms with Crippen LogP contribution in [0.5, 0.6) is 5.75 Å². The fourth-order valence-corrected chi connectivity index (χ4v) is 2.44. The van der Waals surface area contributed by atoms with Crippen LogP contribution < -0.4 is 15.5 Å². The molecule has 27 heavy (non-hydrogen) atoms. The van der Waals surface area contributed by atoms with Gasteiger partial charge in [0.1, 0.15) is 18.2 Å². The standard InChI is InChI=1S/C21H18FN3OS/c22-20-9-5-4-6-17(20)15-26-19-12-10-16(11-13-19)14-23-25-21(27)24-18-7-2-1-3-8-18/h1-14H,15H2,(H2,24,25,27). The molecule has 3 rings (SSSR count). The number of rotatable bonds is 6. The van der Waals surface area contributed by atoms with Crippen molar-refractivity contribution in [2.24, 2.45) is 5.10 Å². The van der Waals surface area contributed by atoms with Gasteiger partial charge in [-0.05, 0) is 60.2 Å². The Kier molecular flexibility index (Phi) is 6.49. The first-order chi connectivity index (χ1) is 13.2. The van der Waals surface area contributed by atoms with E-state index in [1.165, 1.54) is 6.07 Å². The third-order valence-electron chi connectivity index (χ3n) is 3.64. The third kappa shape index (κ3) is 5.90. The van der Waals surface area contributed by atoms with Gasteiger partial charge in [-0.3, -0.25) is 5.43 Å². The summed E-state index contributed by atoms with van der Waals surface area (Å²) in [6, 6.07) is 23.5. The maximum atomic E-state index is 13.6. The zero-order valence-corrected chi connectivity index (χ0v) is 15.2. The summed E-state index contributed by atoms with van der Waals surface area (Å²) in [5, 5.41) is 7.54. The van der Waals surface area contributed by atoms with Crippen LogP contribution in [0.25, 0.3) is 0 Å². The van der Waals surface area contributed by atoms with Crippen LogP contribution in [0.3, 0.4) is 0 Å². The first kappa shape index (κ1) is 18.5. The molecule has 2 N–H and O–H groups in total. The number of hydrogen-bond acceptors (Lipinski definition) is 3. The Balaban J connectivity index is 1.48. The van der Waals surface area contributed by atoms with Gasteiger partial charge in [0.2, 0.25) is 0 Å². The fourth-order valence-electron chi connectivity index (χ4n) is 2.27. The summed E-state index contributed by atoms with van der Waals surface area (Å²) in [7, 11) is 0. The molecule has 0 heterocycles. The van der Waals surface area contributed by atoms with Crippen LogP contribution in [0.4, 0.5) is 10.1 Å². The topological polar surface area (TPSA) is 45.6 Å². The summed E-state index contributed by atoms with van der Waals surface area (Å²) in [6.07, 6.45) is 1.65. The molecule has 0 saturated heterocycles. The minimum Gasteiger partial charge on any atom is -0.489 e. The van der Waals surface area contributed by atoms with Gasteiger partial charge in [-0.2, -0.15) is 5.10 Å². The van der Waals surface area contributed by atoms with Crippen LogP contribution in [0, 0.1) is 5.82 Å². The summed E-state index contributed by atoms with van der Waals surface area (Å²) in [4.78, 5) is 0. The molecule has 0 aliphatic rings. The van der Waals surface area contributed by atoms with Crippen molar-refractivity contribution in [3.63, 3.8) is 0 Å². The van der Waals surface area contributed by atoms with Gasteiger partial charge >= 0.3 is 0 Å². The van der Waals surface area contributed by atoms with Gasteiger partial charge in [-0.25, -0.2) is 4.39 Å². The second-order valence-corrected chi connectivity index (χ2v) is 6.05. The molecule has 136 valence electrons. The predicted octanol–water partition coefficient (Wildman–Crippen LogP) is 4.73. The highest BCUT2D eigenvalue weighted by Gasteiger charge is 2.01. The second-order valence-electron chi connectivity index (χ2n) is 5.64. The maximum absolute atomic E-state index is 13.6. The molecule has 0 aliphatic heterocycles. The van der Waals surface area contributed by atoms with Crippen LogP contribution in [0.1, 0.15) is 11.1 Å². The third-order valence-corrected chi connectivity index (χ3v) is 3.84. The Morgan fingerprint density at radius 1 is 0.963 bits per heavy atom. The fraction of sp³-hybridized carbons (Fsp3) is 0.0476. The maximum Gasteiger partial charge on any atom is 0.191 e. The van der Waals surface area contributed by atoms with Gasteiger partial charge in [0, 0.05) is 11.3 Å². The van der Waals surface area contributed by atoms with Gasteiger partial charge in [-0.15, -0.1) is 0 Å². The molecule has 0 saturated carbocycles. The molecule has 0 aromatic heterocycles. The van der Waals surface area contributed by atoms with Gasteiger partial charge in [0.15, 0.2) is 5.11 Å². The summed E-state index contributed by atoms with van der Waals surface area (Å²) >= 11 is 5.18. The molecular formula is C21H18FN3OS. The highest BCUT2D eigenvalue weighted by molar-refractivity contribution is 7.80. The molecule has 3 aromatic carbocycles. The lowest BCUT2D eigenvalue weighted by Crippen LogP contribution is -2.23. The molecule has 6 heteroatoms. The van der Waals surface area contributed by atoms with Crippen molar-refractivity contribution < 1.29 is 9.13 Å². The van der Waals surface area contributed by atoms with E-state index in [1.807, 2.05) is 54.6 Å². The summed E-state index contributed by atoms with van der Waals surface area (Å²) in [5.74, 6) is 0.386. The molecular weight excluding hydrogens is 361 g/mol. The van der Waals surface area contributed by atoms with Crippen LogP contribution in [-0.2, 0) is 6.61 Å². The number of nitrogens with zero attached hydrogens (tertiary/aromatic N) is 1. The number of nitrogens with one attached hydrogen (secondary N) is 2. The number of para-hydroxylation sites is 1. The number of benzene rings is 3. The number of ether oxygens (including phenoxy) is 1. The number of hydrogen-bond donors (Lipinski definition) is 2. The number of hydrazone groups is 1. The second kappa shape index (κ2) is 9.45. The van der Waals surface area contributed by atoms with E-state index in [4.69, 9.17) is 17.0 Å². The zero-order chi connectivity index (χ0) is 18.9. The van der Waals surface area contributed by atoms with Gasteiger partial charge < -0.3 is 10.1 Å². The van der Waals surface area contributed by atoms with Gasteiger partial charge in [0.05, 0.1) is 6.21 Å². The zero-order valence-electron chi connectivity index (χ0n) is 14.4. The van der Waals surface area contributed by atoms with E-state index in [1.54, 1.807) is 24.4 Å². The van der Waals surface area contributed by atoms with E-state index >= 15 is 0 Å². The van der Waals surface area contributed by atoms with Crippen molar-refractivity contribution in [1.82, 2.24) is 5.43 Å². The van der Waals surface area contributed by atoms with Crippen molar-refractivity contribution in [2.75, 3.05) is 5.32 Å². The van der Waals surface area contributed by atoms with Gasteiger partial charge in [-0.1, -0.05) is 36.4 Å². The first-order valence-electron chi connectivity index (χ1n) is 8.32. The van der Waals surface area contributed by atoms with Crippen molar-refractivity contribution >= 4 is 29.2 Å². The van der Waals surface area contributed by atoms with Crippen molar-refractivity contribution in [2.45, 2.75) is 6.61 Å². The highest BCUT2D eigenvalue weighted by Crippen LogP contribution is 2.15. The quantitative estimate of drug-likeness (QED) is 0.369. The number of thiocarbonyl (C=S) groups is 1. The van der Waals surface area contributed by atoms with Crippen LogP contribution >= 0.6 is 12.2 Å². The largest absolute Gasteiger partial charge is 0.489 e. The average molecular weight is 379 g/mol. The number of anilines is 1. The Hall–Kier alpha value is -3.25. The van der Waals surface area contributed by atoms with E-state index in [0.717, 1.165) is 11.3 Å². The Morgan fingerprint density at radius 3 is 2.41 bits per heavy atom. The molecule has 0 amide bonds.